The van der Waals surface area contributed by atoms with Gasteiger partial charge in [-0.25, -0.2) is 4.98 Å². The van der Waals surface area contributed by atoms with E-state index in [1.165, 1.54) is 37.4 Å². The van der Waals surface area contributed by atoms with Crippen LogP contribution in [0.2, 0.25) is 0 Å². The van der Waals surface area contributed by atoms with E-state index in [0.29, 0.717) is 5.92 Å². The molecule has 0 spiro atoms. The van der Waals surface area contributed by atoms with Crippen molar-refractivity contribution in [1.29, 1.82) is 0 Å². The molecule has 2 aromatic carbocycles. The summed E-state index contributed by atoms with van der Waals surface area (Å²) in [6.07, 6.45) is 7.09. The number of thiophene rings is 1. The highest BCUT2D eigenvalue weighted by atomic mass is 32.1. The van der Waals surface area contributed by atoms with Crippen molar-refractivity contribution in [3.05, 3.63) is 112 Å². The van der Waals surface area contributed by atoms with Gasteiger partial charge in [-0.2, -0.15) is 0 Å². The number of thiazole rings is 1. The van der Waals surface area contributed by atoms with Crippen LogP contribution < -0.4 is 5.32 Å². The topological polar surface area (TPSA) is 24.9 Å². The fourth-order valence-corrected chi connectivity index (χ4v) is 6.31. The quantitative estimate of drug-likeness (QED) is 0.167. The van der Waals surface area contributed by atoms with Gasteiger partial charge in [-0.15, -0.1) is 29.3 Å². The SMILES string of the molecule is C=CC/C(NC(c1ccccc1)c1nc(-c2c(C)sc3ccccc23)cs1)=C(\C=C/C)C(C)C.CC.CC. The Morgan fingerprint density at radius 3 is 2.29 bits per heavy atom. The molecule has 1 atom stereocenters. The summed E-state index contributed by atoms with van der Waals surface area (Å²) in [6, 6.07) is 19.2. The number of benzene rings is 2. The van der Waals surface area contributed by atoms with Crippen molar-refractivity contribution >= 4 is 32.8 Å². The summed E-state index contributed by atoms with van der Waals surface area (Å²) in [5.74, 6) is 0.404. The smallest absolute Gasteiger partial charge is 0.120 e. The van der Waals surface area contributed by atoms with Gasteiger partial charge in [-0.05, 0) is 37.0 Å². The van der Waals surface area contributed by atoms with E-state index >= 15 is 0 Å². The first-order chi connectivity index (χ1) is 18.5. The highest BCUT2D eigenvalue weighted by molar-refractivity contribution is 7.19. The third-order valence-electron chi connectivity index (χ3n) is 5.91. The normalized spacial score (nSPS) is 12.3. The Morgan fingerprint density at radius 1 is 1.00 bits per heavy atom. The summed E-state index contributed by atoms with van der Waals surface area (Å²) in [4.78, 5) is 6.51. The first-order valence-electron chi connectivity index (χ1n) is 13.8. The molecule has 1 unspecified atom stereocenters. The van der Waals surface area contributed by atoms with Crippen LogP contribution in [-0.2, 0) is 0 Å². The summed E-state index contributed by atoms with van der Waals surface area (Å²) >= 11 is 3.57. The van der Waals surface area contributed by atoms with Gasteiger partial charge in [-0.3, -0.25) is 0 Å². The minimum Gasteiger partial charge on any atom is -0.375 e. The molecule has 0 aliphatic rings. The Balaban J connectivity index is 0.00000121. The van der Waals surface area contributed by atoms with Crippen LogP contribution in [0.15, 0.2) is 96.1 Å². The first-order valence-corrected chi connectivity index (χ1v) is 15.4. The molecule has 0 saturated heterocycles. The van der Waals surface area contributed by atoms with Crippen LogP contribution in [0.4, 0.5) is 0 Å². The monoisotopic (exact) mass is 544 g/mol. The van der Waals surface area contributed by atoms with Gasteiger partial charge in [0.1, 0.15) is 11.0 Å². The molecule has 0 radical (unpaired) electrons. The molecule has 0 saturated carbocycles. The van der Waals surface area contributed by atoms with E-state index in [4.69, 9.17) is 4.98 Å². The molecule has 0 aliphatic heterocycles. The van der Waals surface area contributed by atoms with E-state index in [-0.39, 0.29) is 6.04 Å². The van der Waals surface area contributed by atoms with Gasteiger partial charge in [0.15, 0.2) is 0 Å². The van der Waals surface area contributed by atoms with Crippen LogP contribution in [0, 0.1) is 12.8 Å². The van der Waals surface area contributed by atoms with Crippen LogP contribution in [0.3, 0.4) is 0 Å². The standard InChI is InChI=1S/C30H32N2S2.2C2H6/c1-6-13-23(20(3)4)25(14-7-2)31-29(22-15-9-8-10-16-22)30-32-26(19-33-30)28-21(5)34-27-18-12-11-17-24(27)28;2*1-2/h6-13,15-20,29,31H,2,14H2,1,3-5H3;2*1-2H3/b13-6-,25-23-;;. The highest BCUT2D eigenvalue weighted by Gasteiger charge is 2.22. The zero-order valence-corrected chi connectivity index (χ0v) is 26.0. The molecule has 0 fully saturated rings. The maximum atomic E-state index is 5.20. The van der Waals surface area contributed by atoms with Crippen molar-refractivity contribution in [2.24, 2.45) is 5.92 Å². The molecule has 0 amide bonds. The predicted octanol–water partition coefficient (Wildman–Crippen LogP) is 11.1. The number of hydrogen-bond donors (Lipinski definition) is 1. The lowest BCUT2D eigenvalue weighted by Crippen LogP contribution is -2.24. The molecule has 0 bridgehead atoms. The Bertz CT molecular complexity index is 1320. The van der Waals surface area contributed by atoms with Crippen LogP contribution >= 0.6 is 22.7 Å². The lowest BCUT2D eigenvalue weighted by Gasteiger charge is -2.23. The third-order valence-corrected chi connectivity index (χ3v) is 7.91. The molecular formula is C34H44N2S2. The number of nitrogens with zero attached hydrogens (tertiary/aromatic N) is 1. The molecule has 2 aromatic heterocycles. The van der Waals surface area contributed by atoms with Crippen molar-refractivity contribution in [3.63, 3.8) is 0 Å². The van der Waals surface area contributed by atoms with E-state index < -0.39 is 0 Å². The second-order valence-corrected chi connectivity index (χ2v) is 10.8. The number of rotatable bonds is 9. The molecule has 1 N–H and O–H groups in total. The molecule has 0 aliphatic carbocycles. The van der Waals surface area contributed by atoms with Gasteiger partial charge < -0.3 is 5.32 Å². The second kappa shape index (κ2) is 16.1. The van der Waals surface area contributed by atoms with Crippen molar-refractivity contribution in [2.75, 3.05) is 0 Å². The first kappa shape index (κ1) is 31.3. The summed E-state index contributed by atoms with van der Waals surface area (Å²) in [5.41, 5.74) is 6.03. The number of allylic oxidation sites excluding steroid dienone is 4. The van der Waals surface area contributed by atoms with Crippen LogP contribution in [0.5, 0.6) is 0 Å². The third kappa shape index (κ3) is 7.55. The van der Waals surface area contributed by atoms with E-state index in [1.807, 2.05) is 45.1 Å². The highest BCUT2D eigenvalue weighted by Crippen LogP contribution is 2.40. The maximum Gasteiger partial charge on any atom is 0.120 e. The van der Waals surface area contributed by atoms with Gasteiger partial charge in [0.05, 0.1) is 5.69 Å². The van der Waals surface area contributed by atoms with Gasteiger partial charge in [0.25, 0.3) is 0 Å². The Kier molecular flexibility index (Phi) is 13.3. The molecule has 2 nitrogen and oxygen atoms in total. The van der Waals surface area contributed by atoms with Crippen molar-refractivity contribution in [1.82, 2.24) is 10.3 Å². The lowest BCUT2D eigenvalue weighted by molar-refractivity contribution is 0.648. The average molecular weight is 545 g/mol. The lowest BCUT2D eigenvalue weighted by atomic mass is 9.97. The molecule has 2 heterocycles. The number of aryl methyl sites for hydroxylation is 1. The Hall–Kier alpha value is -2.95. The molecule has 4 heteroatoms. The van der Waals surface area contributed by atoms with Crippen LogP contribution in [0.25, 0.3) is 21.3 Å². The number of aromatic nitrogens is 1. The molecule has 38 heavy (non-hydrogen) atoms. The summed E-state index contributed by atoms with van der Waals surface area (Å²) in [6.45, 7) is 20.8. The van der Waals surface area contributed by atoms with Crippen LogP contribution in [-0.4, -0.2) is 4.98 Å². The fraction of sp³-hybridized carbons (Fsp3) is 0.324. The van der Waals surface area contributed by atoms with Gasteiger partial charge in [-0.1, -0.05) is 108 Å². The summed E-state index contributed by atoms with van der Waals surface area (Å²) in [5, 5.41) is 8.44. The van der Waals surface area contributed by atoms with E-state index in [2.05, 4.69) is 112 Å². The molecular weight excluding hydrogens is 501 g/mol. The van der Waals surface area contributed by atoms with Gasteiger partial charge >= 0.3 is 0 Å². The van der Waals surface area contributed by atoms with E-state index in [0.717, 1.165) is 17.1 Å². The number of nitrogens with one attached hydrogen (secondary N) is 1. The maximum absolute atomic E-state index is 5.20. The number of hydrogen-bond acceptors (Lipinski definition) is 4. The zero-order chi connectivity index (χ0) is 28.1. The molecule has 202 valence electrons. The van der Waals surface area contributed by atoms with Crippen LogP contribution in [0.1, 0.15) is 76.4 Å². The Morgan fingerprint density at radius 2 is 1.66 bits per heavy atom. The summed E-state index contributed by atoms with van der Waals surface area (Å²) < 4.78 is 1.31. The second-order valence-electron chi connectivity index (χ2n) is 8.67. The van der Waals surface area contributed by atoms with Crippen molar-refractivity contribution < 1.29 is 0 Å². The van der Waals surface area contributed by atoms with Gasteiger partial charge in [0.2, 0.25) is 0 Å². The van der Waals surface area contributed by atoms with Gasteiger partial charge in [0, 0.05) is 38.0 Å². The minimum absolute atomic E-state index is 0.0286. The zero-order valence-electron chi connectivity index (χ0n) is 24.3. The summed E-state index contributed by atoms with van der Waals surface area (Å²) in [7, 11) is 0. The fourth-order valence-electron chi connectivity index (χ4n) is 4.35. The predicted molar refractivity (Wildman–Crippen MR) is 173 cm³/mol. The Labute approximate surface area is 238 Å². The van der Waals surface area contributed by atoms with E-state index in [1.54, 1.807) is 11.3 Å². The largest absolute Gasteiger partial charge is 0.375 e. The van der Waals surface area contributed by atoms with E-state index in [9.17, 15) is 0 Å². The van der Waals surface area contributed by atoms with Crippen molar-refractivity contribution in [2.45, 2.75) is 67.9 Å². The average Bonchev–Trinajstić information content (AvgIpc) is 3.55. The molecule has 4 aromatic rings. The number of fused-ring (bicyclic) bond motifs is 1. The van der Waals surface area contributed by atoms with Crippen molar-refractivity contribution in [3.8, 4) is 11.3 Å². The molecule has 4 rings (SSSR count). The minimum atomic E-state index is -0.0286.